The lowest BCUT2D eigenvalue weighted by Gasteiger charge is -2.47. The van der Waals surface area contributed by atoms with Crippen LogP contribution in [0.25, 0.3) is 6.08 Å². The van der Waals surface area contributed by atoms with E-state index in [0.29, 0.717) is 6.54 Å². The highest BCUT2D eigenvalue weighted by Crippen LogP contribution is 2.25. The molecule has 1 aromatic carbocycles. The molecule has 1 heterocycles. The van der Waals surface area contributed by atoms with Crippen molar-refractivity contribution in [3.8, 4) is 0 Å². The van der Waals surface area contributed by atoms with Gasteiger partial charge in [-0.3, -0.25) is 9.69 Å². The number of carbonyl (C=O) groups excluding carboxylic acids is 1. The van der Waals surface area contributed by atoms with Crippen LogP contribution in [0.3, 0.4) is 0 Å². The summed E-state index contributed by atoms with van der Waals surface area (Å²) in [6.45, 7) is 1.91. The van der Waals surface area contributed by atoms with Crippen molar-refractivity contribution >= 4 is 12.0 Å². The van der Waals surface area contributed by atoms with Crippen molar-refractivity contribution in [3.05, 3.63) is 42.0 Å². The van der Waals surface area contributed by atoms with E-state index in [1.54, 1.807) is 13.0 Å². The lowest BCUT2D eigenvalue weighted by atomic mass is 9.87. The molecule has 1 saturated heterocycles. The van der Waals surface area contributed by atoms with E-state index in [0.717, 1.165) is 5.56 Å². The second-order valence-electron chi connectivity index (χ2n) is 6.07. The van der Waals surface area contributed by atoms with Crippen LogP contribution in [-0.2, 0) is 4.79 Å². The summed E-state index contributed by atoms with van der Waals surface area (Å²) in [5.74, 6) is -0.451. The molecule has 7 heteroatoms. The molecule has 1 aliphatic heterocycles. The monoisotopic (exact) mass is 350 g/mol. The van der Waals surface area contributed by atoms with Gasteiger partial charge in [0.25, 0.3) is 0 Å². The molecule has 0 saturated carbocycles. The van der Waals surface area contributed by atoms with E-state index in [9.17, 15) is 25.2 Å². The number of likely N-dealkylation sites (N-methyl/N-ethyl adjacent to an activating group) is 1. The first kappa shape index (κ1) is 19.6. The Kier molecular flexibility index (Phi) is 7.10. The van der Waals surface area contributed by atoms with Gasteiger partial charge < -0.3 is 25.7 Å². The van der Waals surface area contributed by atoms with Crippen LogP contribution >= 0.6 is 0 Å². The predicted octanol–water partition coefficient (Wildman–Crippen LogP) is -1.04. The fraction of sp³-hybridized carbons (Fsp3) is 0.500. The number of carbonyl (C=O) groups is 1. The maximum absolute atomic E-state index is 12.4. The molecule has 0 bridgehead atoms. The summed E-state index contributed by atoms with van der Waals surface area (Å²) in [6, 6.07) is 7.64. The molecule has 138 valence electrons. The number of aliphatic hydroxyl groups is 4. The van der Waals surface area contributed by atoms with Crippen molar-refractivity contribution in [1.82, 2.24) is 10.2 Å². The van der Waals surface area contributed by atoms with E-state index < -0.39 is 42.9 Å². The largest absolute Gasteiger partial charge is 0.395 e. The van der Waals surface area contributed by atoms with Gasteiger partial charge in [0, 0.05) is 13.1 Å². The zero-order chi connectivity index (χ0) is 18.4. The lowest BCUT2D eigenvalue weighted by molar-refractivity contribution is -0.176. The smallest absolute Gasteiger partial charge is 0.240 e. The molecule has 1 amide bonds. The number of aliphatic hydroxyl groups excluding tert-OH is 4. The number of rotatable bonds is 6. The van der Waals surface area contributed by atoms with E-state index in [-0.39, 0.29) is 6.54 Å². The van der Waals surface area contributed by atoms with Gasteiger partial charge in [0.1, 0.15) is 24.4 Å². The van der Waals surface area contributed by atoms with Crippen molar-refractivity contribution in [3.63, 3.8) is 0 Å². The molecule has 7 nitrogen and oxygen atoms in total. The Morgan fingerprint density at radius 3 is 2.44 bits per heavy atom. The maximum atomic E-state index is 12.4. The first-order valence-corrected chi connectivity index (χ1v) is 8.41. The molecule has 5 N–H and O–H groups in total. The molecule has 1 aromatic rings. The molecule has 0 spiro atoms. The van der Waals surface area contributed by atoms with Crippen molar-refractivity contribution in [2.75, 3.05) is 19.7 Å². The van der Waals surface area contributed by atoms with Crippen LogP contribution in [0.1, 0.15) is 12.5 Å². The Hall–Kier alpha value is -1.77. The molecule has 1 fully saturated rings. The normalized spacial score (nSPS) is 30.5. The third-order valence-electron chi connectivity index (χ3n) is 4.43. The Morgan fingerprint density at radius 1 is 1.16 bits per heavy atom. The van der Waals surface area contributed by atoms with Gasteiger partial charge in [-0.2, -0.15) is 0 Å². The van der Waals surface area contributed by atoms with Gasteiger partial charge in [-0.25, -0.2) is 0 Å². The SMILES string of the molecule is CCNC(=O)C1C(O)C(O)C(O)C(CO)N1CC=Cc1ccccc1. The lowest BCUT2D eigenvalue weighted by Crippen LogP contribution is -2.70. The fourth-order valence-electron chi connectivity index (χ4n) is 3.14. The topological polar surface area (TPSA) is 113 Å². The van der Waals surface area contributed by atoms with Crippen LogP contribution in [0.2, 0.25) is 0 Å². The highest BCUT2D eigenvalue weighted by Gasteiger charge is 2.49. The highest BCUT2D eigenvalue weighted by molar-refractivity contribution is 5.82. The standard InChI is InChI=1S/C18H26N2O5/c1-2-19-18(25)14-16(23)17(24)15(22)13(11-21)20(14)10-6-9-12-7-4-3-5-8-12/h3-9,13-17,21-24H,2,10-11H2,1H3,(H,19,25). The average molecular weight is 350 g/mol. The number of hydrogen-bond donors (Lipinski definition) is 5. The first-order valence-electron chi connectivity index (χ1n) is 8.41. The number of amides is 1. The second-order valence-corrected chi connectivity index (χ2v) is 6.07. The molecule has 0 aromatic heterocycles. The fourth-order valence-corrected chi connectivity index (χ4v) is 3.14. The minimum atomic E-state index is -1.50. The van der Waals surface area contributed by atoms with E-state index in [2.05, 4.69) is 5.32 Å². The highest BCUT2D eigenvalue weighted by atomic mass is 16.4. The maximum Gasteiger partial charge on any atom is 0.240 e. The predicted molar refractivity (Wildman–Crippen MR) is 93.5 cm³/mol. The van der Waals surface area contributed by atoms with Crippen LogP contribution in [-0.4, -0.2) is 81.3 Å². The number of nitrogens with one attached hydrogen (secondary N) is 1. The van der Waals surface area contributed by atoms with Gasteiger partial charge >= 0.3 is 0 Å². The Labute approximate surface area is 147 Å². The quantitative estimate of drug-likeness (QED) is 0.448. The molecule has 1 aliphatic rings. The summed E-state index contributed by atoms with van der Waals surface area (Å²) < 4.78 is 0. The summed E-state index contributed by atoms with van der Waals surface area (Å²) in [7, 11) is 0. The molecular weight excluding hydrogens is 324 g/mol. The summed E-state index contributed by atoms with van der Waals surface area (Å²) in [5.41, 5.74) is 0.968. The Bertz CT molecular complexity index is 580. The number of benzene rings is 1. The van der Waals surface area contributed by atoms with E-state index in [1.807, 2.05) is 36.4 Å². The first-order chi connectivity index (χ1) is 12.0. The zero-order valence-corrected chi connectivity index (χ0v) is 14.2. The minimum absolute atomic E-state index is 0.225. The molecule has 5 atom stereocenters. The molecule has 0 radical (unpaired) electrons. The van der Waals surface area contributed by atoms with E-state index in [4.69, 9.17) is 0 Å². The van der Waals surface area contributed by atoms with E-state index in [1.165, 1.54) is 4.90 Å². The van der Waals surface area contributed by atoms with Crippen molar-refractivity contribution in [1.29, 1.82) is 0 Å². The molecule has 0 aliphatic carbocycles. The van der Waals surface area contributed by atoms with Gasteiger partial charge in [-0.1, -0.05) is 42.5 Å². The van der Waals surface area contributed by atoms with Crippen LogP contribution < -0.4 is 5.32 Å². The van der Waals surface area contributed by atoms with Crippen molar-refractivity contribution in [2.24, 2.45) is 0 Å². The van der Waals surface area contributed by atoms with Gasteiger partial charge in [0.2, 0.25) is 5.91 Å². The van der Waals surface area contributed by atoms with Gasteiger partial charge in [-0.05, 0) is 12.5 Å². The van der Waals surface area contributed by atoms with Gasteiger partial charge in [0.05, 0.1) is 12.6 Å². The third-order valence-corrected chi connectivity index (χ3v) is 4.43. The number of likely N-dealkylation sites (tertiary alicyclic amines) is 1. The Morgan fingerprint density at radius 2 is 1.84 bits per heavy atom. The molecular formula is C18H26N2O5. The molecule has 5 unspecified atom stereocenters. The molecule has 2 rings (SSSR count). The zero-order valence-electron chi connectivity index (χ0n) is 14.2. The number of nitrogens with zero attached hydrogens (tertiary/aromatic N) is 1. The van der Waals surface area contributed by atoms with Crippen LogP contribution in [0.4, 0.5) is 0 Å². The van der Waals surface area contributed by atoms with Gasteiger partial charge in [-0.15, -0.1) is 0 Å². The number of piperidine rings is 1. The molecule has 25 heavy (non-hydrogen) atoms. The van der Waals surface area contributed by atoms with Crippen molar-refractivity contribution in [2.45, 2.75) is 37.3 Å². The summed E-state index contributed by atoms with van der Waals surface area (Å²) >= 11 is 0. The average Bonchev–Trinajstić information content (AvgIpc) is 2.61. The summed E-state index contributed by atoms with van der Waals surface area (Å²) in [4.78, 5) is 13.9. The van der Waals surface area contributed by atoms with Crippen LogP contribution in [0, 0.1) is 0 Å². The van der Waals surface area contributed by atoms with Crippen LogP contribution in [0.5, 0.6) is 0 Å². The van der Waals surface area contributed by atoms with E-state index >= 15 is 0 Å². The third kappa shape index (κ3) is 4.45. The summed E-state index contributed by atoms with van der Waals surface area (Å²) in [6.07, 6.45) is -0.654. The van der Waals surface area contributed by atoms with Crippen molar-refractivity contribution < 1.29 is 25.2 Å². The number of hydrogen-bond acceptors (Lipinski definition) is 6. The van der Waals surface area contributed by atoms with Crippen LogP contribution in [0.15, 0.2) is 36.4 Å². The Balaban J connectivity index is 2.23. The second kappa shape index (κ2) is 9.07. The minimum Gasteiger partial charge on any atom is -0.395 e. The summed E-state index contributed by atoms with van der Waals surface area (Å²) in [5, 5.41) is 42.7. The van der Waals surface area contributed by atoms with Gasteiger partial charge in [0.15, 0.2) is 0 Å².